The predicted molar refractivity (Wildman–Crippen MR) is 159 cm³/mol. The van der Waals surface area contributed by atoms with Crippen molar-refractivity contribution in [3.63, 3.8) is 0 Å². The molecule has 6 atom stereocenters. The average Bonchev–Trinajstić information content (AvgIpc) is 3.46. The number of nitrogen functional groups attached to an aromatic ring is 1. The van der Waals surface area contributed by atoms with E-state index in [1.807, 2.05) is 36.4 Å². The molecule has 1 aliphatic rings. The van der Waals surface area contributed by atoms with Gasteiger partial charge in [0.15, 0.2) is 17.7 Å². The van der Waals surface area contributed by atoms with Gasteiger partial charge in [-0.2, -0.15) is 0 Å². The van der Waals surface area contributed by atoms with Crippen LogP contribution in [0.5, 0.6) is 5.75 Å². The van der Waals surface area contributed by atoms with Crippen LogP contribution in [0.3, 0.4) is 0 Å². The van der Waals surface area contributed by atoms with Crippen molar-refractivity contribution in [2.75, 3.05) is 12.3 Å². The summed E-state index contributed by atoms with van der Waals surface area (Å²) in [5.74, 6) is 0.0882. The topological polar surface area (TPSA) is 176 Å². The number of rotatable bonds is 10. The van der Waals surface area contributed by atoms with E-state index in [1.165, 1.54) is 24.1 Å². The maximum atomic E-state index is 12.6. The highest BCUT2D eigenvalue weighted by atomic mass is 32.5. The number of anilines is 1. The van der Waals surface area contributed by atoms with Gasteiger partial charge in [-0.3, -0.25) is 9.36 Å². The lowest BCUT2D eigenvalue weighted by Gasteiger charge is -2.29. The number of carbonyl (C=O) groups is 1. The largest absolute Gasteiger partial charge is 0.462 e. The highest BCUT2D eigenvalue weighted by molar-refractivity contribution is 8.09. The summed E-state index contributed by atoms with van der Waals surface area (Å²) < 4.78 is 25.3. The number of aliphatic hydroxyl groups excluding tert-OH is 1. The Kier molecular flexibility index (Phi) is 8.50. The van der Waals surface area contributed by atoms with Crippen molar-refractivity contribution in [3.8, 4) is 5.75 Å². The van der Waals surface area contributed by atoms with Crippen molar-refractivity contribution in [2.45, 2.75) is 63.9 Å². The third-order valence-corrected chi connectivity index (χ3v) is 9.31. The molecule has 2 aromatic heterocycles. The van der Waals surface area contributed by atoms with Crippen LogP contribution in [0.25, 0.3) is 21.9 Å². The molecule has 42 heavy (non-hydrogen) atoms. The van der Waals surface area contributed by atoms with E-state index in [4.69, 9.17) is 36.1 Å². The van der Waals surface area contributed by atoms with Crippen molar-refractivity contribution >= 4 is 52.2 Å². The van der Waals surface area contributed by atoms with E-state index in [9.17, 15) is 15.0 Å². The molecule has 0 saturated carbocycles. The molecule has 0 radical (unpaired) electrons. The first kappa shape index (κ1) is 30.2. The highest BCUT2D eigenvalue weighted by Crippen LogP contribution is 2.49. The molecule has 1 saturated heterocycles. The first-order chi connectivity index (χ1) is 19.9. The van der Waals surface area contributed by atoms with Crippen LogP contribution < -0.4 is 15.3 Å². The zero-order valence-electron chi connectivity index (χ0n) is 23.4. The number of hydrogen-bond donors (Lipinski definition) is 4. The summed E-state index contributed by atoms with van der Waals surface area (Å²) >= 11 is 5.88. The molecule has 3 heterocycles. The Hall–Kier alpha value is -3.23. The van der Waals surface area contributed by atoms with Crippen LogP contribution in [0.15, 0.2) is 55.1 Å². The first-order valence-corrected chi connectivity index (χ1v) is 15.9. The second kappa shape index (κ2) is 11.8. The van der Waals surface area contributed by atoms with Crippen LogP contribution in [0.1, 0.15) is 33.9 Å². The third kappa shape index (κ3) is 5.97. The fourth-order valence-corrected chi connectivity index (χ4v) is 7.13. The maximum absolute atomic E-state index is 12.6. The second-order valence-electron chi connectivity index (χ2n) is 10.5. The van der Waals surface area contributed by atoms with Crippen LogP contribution in [0.2, 0.25) is 0 Å². The van der Waals surface area contributed by atoms with Crippen molar-refractivity contribution in [2.24, 2.45) is 0 Å². The van der Waals surface area contributed by atoms with Crippen LogP contribution in [0, 0.1) is 0 Å². The molecule has 0 amide bonds. The van der Waals surface area contributed by atoms with Gasteiger partial charge in [0.25, 0.3) is 0 Å². The van der Waals surface area contributed by atoms with Gasteiger partial charge in [0, 0.05) is 5.39 Å². The lowest BCUT2D eigenvalue weighted by molar-refractivity contribution is -0.149. The Balaban J connectivity index is 1.40. The van der Waals surface area contributed by atoms with Crippen LogP contribution >= 0.6 is 6.64 Å². The molecule has 1 fully saturated rings. The number of carbonyl (C=O) groups excluding carboxylic acids is 1. The Morgan fingerprint density at radius 3 is 2.71 bits per heavy atom. The SMILES string of the molecule is CC(C)OC(=O)C(C)NP(=S)(OC[C@H]1O[C@@H](n2cnc3c(N)ncnc32)[C@](C)(O)[C@@H]1O)Oc1cccc2ccccc12. The molecule has 15 heteroatoms. The third-order valence-electron chi connectivity index (χ3n) is 6.83. The zero-order chi connectivity index (χ0) is 30.2. The van der Waals surface area contributed by atoms with Crippen molar-refractivity contribution in [1.29, 1.82) is 0 Å². The van der Waals surface area contributed by atoms with Gasteiger partial charge in [0.05, 0.1) is 19.0 Å². The molecular weight excluding hydrogens is 583 g/mol. The molecule has 0 bridgehead atoms. The van der Waals surface area contributed by atoms with Crippen molar-refractivity contribution < 1.29 is 33.5 Å². The van der Waals surface area contributed by atoms with Gasteiger partial charge in [0.1, 0.15) is 41.4 Å². The summed E-state index contributed by atoms with van der Waals surface area (Å²) in [5, 5.41) is 27.1. The molecule has 2 unspecified atom stereocenters. The Morgan fingerprint density at radius 1 is 1.21 bits per heavy atom. The Labute approximate surface area is 247 Å². The van der Waals surface area contributed by atoms with Crippen LogP contribution in [0.4, 0.5) is 5.82 Å². The number of fused-ring (bicyclic) bond motifs is 2. The highest BCUT2D eigenvalue weighted by Gasteiger charge is 2.54. The summed E-state index contributed by atoms with van der Waals surface area (Å²) in [4.78, 5) is 25.0. The quantitative estimate of drug-likeness (QED) is 0.151. The van der Waals surface area contributed by atoms with E-state index >= 15 is 0 Å². The maximum Gasteiger partial charge on any atom is 0.323 e. The summed E-state index contributed by atoms with van der Waals surface area (Å²) in [6.45, 7) is 2.75. The second-order valence-corrected chi connectivity index (χ2v) is 13.6. The number of hydrogen-bond acceptors (Lipinski definition) is 12. The number of aliphatic hydroxyl groups is 2. The van der Waals surface area contributed by atoms with Gasteiger partial charge in [-0.05, 0) is 51.0 Å². The van der Waals surface area contributed by atoms with E-state index in [1.54, 1.807) is 26.8 Å². The van der Waals surface area contributed by atoms with Gasteiger partial charge in [-0.15, -0.1) is 0 Å². The summed E-state index contributed by atoms with van der Waals surface area (Å²) in [6, 6.07) is 12.2. The van der Waals surface area contributed by atoms with E-state index in [2.05, 4.69) is 20.0 Å². The number of nitrogens with two attached hydrogens (primary N) is 1. The Bertz CT molecular complexity index is 1640. The lowest BCUT2D eigenvalue weighted by Crippen LogP contribution is -2.44. The van der Waals surface area contributed by atoms with Gasteiger partial charge in [0.2, 0.25) is 0 Å². The molecule has 0 spiro atoms. The molecule has 5 rings (SSSR count). The fraction of sp³-hybridized carbons (Fsp3) is 0.407. The standard InChI is InChI=1S/C27H33N6O7PS/c1-15(2)38-25(35)16(3)32-41(42,40-19-11-7-9-17-8-5-6-10-18(17)19)37-12-20-22(34)27(4,36)26(39-20)33-14-31-21-23(28)29-13-30-24(21)33/h5-11,13-16,20,22,26,34,36H,12H2,1-4H3,(H,32,42)(H2,28,29,30)/t16?,20-,22-,26-,27-,41?/m1/s1. The minimum absolute atomic E-state index is 0.166. The van der Waals surface area contributed by atoms with E-state index < -0.39 is 42.7 Å². The van der Waals surface area contributed by atoms with E-state index in [-0.39, 0.29) is 18.5 Å². The van der Waals surface area contributed by atoms with Gasteiger partial charge < -0.3 is 34.5 Å². The summed E-state index contributed by atoms with van der Waals surface area (Å²) in [5.41, 5.74) is 4.79. The smallest absolute Gasteiger partial charge is 0.323 e. The van der Waals surface area contributed by atoms with Crippen molar-refractivity contribution in [1.82, 2.24) is 24.6 Å². The molecule has 224 valence electrons. The molecule has 13 nitrogen and oxygen atoms in total. The number of imidazole rings is 1. The first-order valence-electron chi connectivity index (χ1n) is 13.3. The van der Waals surface area contributed by atoms with E-state index in [0.29, 0.717) is 16.9 Å². The zero-order valence-corrected chi connectivity index (χ0v) is 25.2. The fourth-order valence-electron chi connectivity index (χ4n) is 4.71. The van der Waals surface area contributed by atoms with Crippen LogP contribution in [-0.2, 0) is 30.6 Å². The lowest BCUT2D eigenvalue weighted by atomic mass is 9.96. The minimum Gasteiger partial charge on any atom is -0.462 e. The molecule has 5 N–H and O–H groups in total. The Morgan fingerprint density at radius 2 is 1.95 bits per heavy atom. The molecular formula is C27H33N6O7PS. The number of benzene rings is 2. The number of aromatic nitrogens is 4. The molecule has 0 aliphatic carbocycles. The average molecular weight is 617 g/mol. The normalized spacial score (nSPS) is 24.6. The number of nitrogens with zero attached hydrogens (tertiary/aromatic N) is 4. The van der Waals surface area contributed by atoms with Gasteiger partial charge >= 0.3 is 12.6 Å². The summed E-state index contributed by atoms with van der Waals surface area (Å²) in [6.07, 6.45) is -1.19. The van der Waals surface area contributed by atoms with Gasteiger partial charge in [-0.1, -0.05) is 36.4 Å². The monoisotopic (exact) mass is 616 g/mol. The molecule has 4 aromatic rings. The van der Waals surface area contributed by atoms with Crippen molar-refractivity contribution in [3.05, 3.63) is 55.1 Å². The number of esters is 1. The predicted octanol–water partition coefficient (Wildman–Crippen LogP) is 2.82. The van der Waals surface area contributed by atoms with E-state index in [0.717, 1.165) is 10.8 Å². The molecule has 1 aliphatic heterocycles. The van der Waals surface area contributed by atoms with Gasteiger partial charge in [-0.25, -0.2) is 20.0 Å². The number of nitrogens with one attached hydrogen (secondary N) is 1. The summed E-state index contributed by atoms with van der Waals surface area (Å²) in [7, 11) is 0. The minimum atomic E-state index is -3.49. The molecule has 2 aromatic carbocycles. The van der Waals surface area contributed by atoms with Crippen LogP contribution in [-0.4, -0.2) is 72.3 Å². The number of ether oxygens (including phenoxy) is 2.